The van der Waals surface area contributed by atoms with E-state index in [1.807, 2.05) is 0 Å². The molecule has 7 heteroatoms. The second kappa shape index (κ2) is 4.99. The molecular formula is C11H15NO4S2. The number of carbonyl (C=O) groups is 1. The van der Waals surface area contributed by atoms with Gasteiger partial charge in [0, 0.05) is 13.1 Å². The minimum Gasteiger partial charge on any atom is -0.477 e. The molecule has 1 aliphatic heterocycles. The van der Waals surface area contributed by atoms with Crippen molar-refractivity contribution in [1.82, 2.24) is 4.31 Å². The quantitative estimate of drug-likeness (QED) is 0.921. The summed E-state index contributed by atoms with van der Waals surface area (Å²) >= 11 is 0.944. The van der Waals surface area contributed by atoms with E-state index in [1.54, 1.807) is 0 Å². The predicted molar refractivity (Wildman–Crippen MR) is 68.4 cm³/mol. The molecule has 0 atom stereocenters. The van der Waals surface area contributed by atoms with Crippen molar-refractivity contribution in [1.29, 1.82) is 0 Å². The molecule has 0 aromatic carbocycles. The summed E-state index contributed by atoms with van der Waals surface area (Å²) in [5.41, 5.74) is 0. The standard InChI is InChI=1S/C11H15NO4S2/c1-8-2-5-12(6-3-8)18(15,16)9-4-7-17-10(9)11(13)14/h4,7-8H,2-3,5-6H2,1H3,(H,13,14). The Morgan fingerprint density at radius 3 is 2.61 bits per heavy atom. The molecule has 0 radical (unpaired) electrons. The summed E-state index contributed by atoms with van der Waals surface area (Å²) in [6.07, 6.45) is 1.65. The van der Waals surface area contributed by atoms with Crippen LogP contribution in [0.3, 0.4) is 0 Å². The van der Waals surface area contributed by atoms with Gasteiger partial charge in [0.1, 0.15) is 9.77 Å². The summed E-state index contributed by atoms with van der Waals surface area (Å²) in [5, 5.41) is 10.5. The summed E-state index contributed by atoms with van der Waals surface area (Å²) in [4.78, 5) is 10.8. The van der Waals surface area contributed by atoms with Crippen LogP contribution < -0.4 is 0 Å². The van der Waals surface area contributed by atoms with E-state index in [1.165, 1.54) is 15.8 Å². The Bertz CT molecular complexity index is 541. The fourth-order valence-electron chi connectivity index (χ4n) is 2.02. The van der Waals surface area contributed by atoms with E-state index in [0.29, 0.717) is 19.0 Å². The zero-order valence-corrected chi connectivity index (χ0v) is 11.6. The number of carboxylic acids is 1. The maximum atomic E-state index is 12.3. The summed E-state index contributed by atoms with van der Waals surface area (Å²) in [6.45, 7) is 3.04. The third-order valence-corrected chi connectivity index (χ3v) is 6.16. The van der Waals surface area contributed by atoms with Gasteiger partial charge < -0.3 is 5.11 Å². The lowest BCUT2D eigenvalue weighted by atomic mass is 10.0. The Hall–Kier alpha value is -0.920. The smallest absolute Gasteiger partial charge is 0.347 e. The first-order chi connectivity index (χ1) is 8.43. The predicted octanol–water partition coefficient (Wildman–Crippen LogP) is 1.87. The molecule has 2 rings (SSSR count). The van der Waals surface area contributed by atoms with Gasteiger partial charge in [0.25, 0.3) is 0 Å². The van der Waals surface area contributed by atoms with E-state index in [-0.39, 0.29) is 9.77 Å². The van der Waals surface area contributed by atoms with Crippen molar-refractivity contribution in [2.24, 2.45) is 5.92 Å². The van der Waals surface area contributed by atoms with Crippen LogP contribution in [-0.4, -0.2) is 36.9 Å². The minimum atomic E-state index is -3.65. The van der Waals surface area contributed by atoms with Gasteiger partial charge in [-0.25, -0.2) is 13.2 Å². The second-order valence-electron chi connectivity index (χ2n) is 4.51. The van der Waals surface area contributed by atoms with Gasteiger partial charge in [-0.3, -0.25) is 0 Å². The highest BCUT2D eigenvalue weighted by atomic mass is 32.2. The largest absolute Gasteiger partial charge is 0.477 e. The van der Waals surface area contributed by atoms with Gasteiger partial charge in [-0.15, -0.1) is 11.3 Å². The lowest BCUT2D eigenvalue weighted by Crippen LogP contribution is -2.38. The Labute approximate surface area is 110 Å². The van der Waals surface area contributed by atoms with Crippen LogP contribution in [-0.2, 0) is 10.0 Å². The van der Waals surface area contributed by atoms with Crippen LogP contribution in [0, 0.1) is 5.92 Å². The Kier molecular flexibility index (Phi) is 3.74. The van der Waals surface area contributed by atoms with Crippen molar-refractivity contribution >= 4 is 27.3 Å². The molecular weight excluding hydrogens is 274 g/mol. The van der Waals surface area contributed by atoms with Crippen LogP contribution in [0.2, 0.25) is 0 Å². The van der Waals surface area contributed by atoms with Crippen LogP contribution in [0.5, 0.6) is 0 Å². The number of carboxylic acid groups (broad SMARTS) is 1. The zero-order valence-electron chi connectivity index (χ0n) is 10.00. The number of hydrogen-bond donors (Lipinski definition) is 1. The summed E-state index contributed by atoms with van der Waals surface area (Å²) in [6, 6.07) is 1.38. The average Bonchev–Trinajstić information content (AvgIpc) is 2.79. The number of rotatable bonds is 3. The van der Waals surface area contributed by atoms with E-state index in [0.717, 1.165) is 24.2 Å². The molecule has 100 valence electrons. The third-order valence-electron chi connectivity index (χ3n) is 3.18. The molecule has 1 fully saturated rings. The maximum absolute atomic E-state index is 12.3. The van der Waals surface area contributed by atoms with Gasteiger partial charge in [-0.1, -0.05) is 6.92 Å². The molecule has 0 unspecified atom stereocenters. The van der Waals surface area contributed by atoms with Crippen molar-refractivity contribution in [3.05, 3.63) is 16.3 Å². The number of sulfonamides is 1. The first kappa shape index (κ1) is 13.5. The van der Waals surface area contributed by atoms with Crippen LogP contribution in [0.15, 0.2) is 16.3 Å². The summed E-state index contributed by atoms with van der Waals surface area (Å²) in [5.74, 6) is -0.660. The average molecular weight is 289 g/mol. The molecule has 1 aromatic heterocycles. The fraction of sp³-hybridized carbons (Fsp3) is 0.545. The van der Waals surface area contributed by atoms with Gasteiger partial charge in [-0.05, 0) is 30.2 Å². The number of nitrogens with zero attached hydrogens (tertiary/aromatic N) is 1. The molecule has 0 bridgehead atoms. The highest BCUT2D eigenvalue weighted by Gasteiger charge is 2.32. The van der Waals surface area contributed by atoms with E-state index in [9.17, 15) is 13.2 Å². The number of piperidine rings is 1. The van der Waals surface area contributed by atoms with E-state index >= 15 is 0 Å². The monoisotopic (exact) mass is 289 g/mol. The van der Waals surface area contributed by atoms with Crippen molar-refractivity contribution in [2.45, 2.75) is 24.7 Å². The maximum Gasteiger partial charge on any atom is 0.347 e. The Morgan fingerprint density at radius 2 is 2.06 bits per heavy atom. The number of aromatic carboxylic acids is 1. The van der Waals surface area contributed by atoms with E-state index in [2.05, 4.69) is 6.92 Å². The Morgan fingerprint density at radius 1 is 1.44 bits per heavy atom. The normalized spacial score (nSPS) is 18.9. The molecule has 2 heterocycles. The Balaban J connectivity index is 2.31. The van der Waals surface area contributed by atoms with Crippen LogP contribution in [0.1, 0.15) is 29.4 Å². The fourth-order valence-corrected chi connectivity index (χ4v) is 4.72. The van der Waals surface area contributed by atoms with Gasteiger partial charge >= 0.3 is 5.97 Å². The minimum absolute atomic E-state index is 0.0745. The van der Waals surface area contributed by atoms with Crippen molar-refractivity contribution < 1.29 is 18.3 Å². The number of thiophene rings is 1. The SMILES string of the molecule is CC1CCN(S(=O)(=O)c2ccsc2C(=O)O)CC1. The van der Waals surface area contributed by atoms with Gasteiger partial charge in [0.2, 0.25) is 10.0 Å². The molecule has 5 nitrogen and oxygen atoms in total. The molecule has 1 aliphatic rings. The van der Waals surface area contributed by atoms with Crippen LogP contribution in [0.4, 0.5) is 0 Å². The van der Waals surface area contributed by atoms with Gasteiger partial charge in [0.15, 0.2) is 0 Å². The lowest BCUT2D eigenvalue weighted by molar-refractivity contribution is 0.0698. The third kappa shape index (κ3) is 2.43. The van der Waals surface area contributed by atoms with E-state index in [4.69, 9.17) is 5.11 Å². The lowest BCUT2D eigenvalue weighted by Gasteiger charge is -2.29. The molecule has 0 amide bonds. The zero-order chi connectivity index (χ0) is 13.3. The number of hydrogen-bond acceptors (Lipinski definition) is 4. The first-order valence-corrected chi connectivity index (χ1v) is 8.06. The van der Waals surface area contributed by atoms with Crippen LogP contribution in [0.25, 0.3) is 0 Å². The molecule has 0 aliphatic carbocycles. The van der Waals surface area contributed by atoms with Crippen molar-refractivity contribution in [3.63, 3.8) is 0 Å². The molecule has 0 spiro atoms. The molecule has 18 heavy (non-hydrogen) atoms. The highest BCUT2D eigenvalue weighted by molar-refractivity contribution is 7.89. The van der Waals surface area contributed by atoms with Crippen LogP contribution >= 0.6 is 11.3 Å². The van der Waals surface area contributed by atoms with Gasteiger partial charge in [0.05, 0.1) is 0 Å². The van der Waals surface area contributed by atoms with Crippen molar-refractivity contribution in [3.8, 4) is 0 Å². The van der Waals surface area contributed by atoms with E-state index < -0.39 is 16.0 Å². The topological polar surface area (TPSA) is 74.7 Å². The molecule has 0 saturated carbocycles. The van der Waals surface area contributed by atoms with Gasteiger partial charge in [-0.2, -0.15) is 4.31 Å². The summed E-state index contributed by atoms with van der Waals surface area (Å²) in [7, 11) is -3.65. The second-order valence-corrected chi connectivity index (χ2v) is 7.33. The molecule has 1 saturated heterocycles. The summed E-state index contributed by atoms with van der Waals surface area (Å²) < 4.78 is 26.1. The van der Waals surface area contributed by atoms with Crippen molar-refractivity contribution in [2.75, 3.05) is 13.1 Å². The first-order valence-electron chi connectivity index (χ1n) is 5.74. The highest BCUT2D eigenvalue weighted by Crippen LogP contribution is 2.28. The molecule has 1 aromatic rings. The molecule has 1 N–H and O–H groups in total.